The molecule has 4 nitrogen and oxygen atoms in total. The van der Waals surface area contributed by atoms with Crippen LogP contribution in [0.15, 0.2) is 97.1 Å². The van der Waals surface area contributed by atoms with Crippen molar-refractivity contribution in [2.45, 2.75) is 6.42 Å². The van der Waals surface area contributed by atoms with Gasteiger partial charge in [0.05, 0.1) is 14.2 Å². The van der Waals surface area contributed by atoms with E-state index in [0.717, 1.165) is 11.1 Å². The maximum absolute atomic E-state index is 13.0. The second-order valence-corrected chi connectivity index (χ2v) is 7.62. The first-order valence-electron chi connectivity index (χ1n) is 10.6. The predicted molar refractivity (Wildman–Crippen MR) is 129 cm³/mol. The monoisotopic (exact) mass is 436 g/mol. The number of ether oxygens (including phenoxy) is 2. The average molecular weight is 437 g/mol. The van der Waals surface area contributed by atoms with Gasteiger partial charge in [-0.25, -0.2) is 0 Å². The van der Waals surface area contributed by atoms with Crippen LogP contribution in [0.1, 0.15) is 43.0 Å². The Morgan fingerprint density at radius 3 is 1.30 bits per heavy atom. The van der Waals surface area contributed by atoms with Gasteiger partial charge in [-0.15, -0.1) is 0 Å². The number of benzene rings is 4. The summed E-state index contributed by atoms with van der Waals surface area (Å²) in [7, 11) is 3.20. The molecule has 0 fully saturated rings. The highest BCUT2D eigenvalue weighted by Crippen LogP contribution is 2.29. The third kappa shape index (κ3) is 4.85. The quantitative estimate of drug-likeness (QED) is 0.330. The Labute approximate surface area is 193 Å². The van der Waals surface area contributed by atoms with E-state index in [9.17, 15) is 9.59 Å². The lowest BCUT2D eigenvalue weighted by Gasteiger charge is -2.14. The summed E-state index contributed by atoms with van der Waals surface area (Å²) in [6.45, 7) is 0. The molecule has 0 aliphatic carbocycles. The van der Waals surface area contributed by atoms with E-state index in [4.69, 9.17) is 9.47 Å². The average Bonchev–Trinajstić information content (AvgIpc) is 2.88. The van der Waals surface area contributed by atoms with Crippen LogP contribution in [-0.4, -0.2) is 25.8 Å². The first kappa shape index (κ1) is 22.0. The molecule has 4 aromatic carbocycles. The lowest BCUT2D eigenvalue weighted by Crippen LogP contribution is -2.05. The van der Waals surface area contributed by atoms with Crippen molar-refractivity contribution in [1.82, 2.24) is 0 Å². The van der Waals surface area contributed by atoms with Crippen molar-refractivity contribution >= 4 is 11.6 Å². The van der Waals surface area contributed by atoms with Crippen molar-refractivity contribution in [2.75, 3.05) is 14.2 Å². The molecule has 0 bridgehead atoms. The van der Waals surface area contributed by atoms with E-state index < -0.39 is 0 Å². The zero-order valence-electron chi connectivity index (χ0n) is 18.6. The summed E-state index contributed by atoms with van der Waals surface area (Å²) in [4.78, 5) is 25.9. The molecule has 0 N–H and O–H groups in total. The minimum Gasteiger partial charge on any atom is -0.496 e. The Kier molecular flexibility index (Phi) is 6.65. The summed E-state index contributed by atoms with van der Waals surface area (Å²) >= 11 is 0. The second-order valence-electron chi connectivity index (χ2n) is 7.62. The van der Waals surface area contributed by atoms with Crippen LogP contribution >= 0.6 is 0 Å². The largest absolute Gasteiger partial charge is 0.496 e. The van der Waals surface area contributed by atoms with Gasteiger partial charge in [-0.2, -0.15) is 0 Å². The molecule has 4 rings (SSSR count). The molecule has 33 heavy (non-hydrogen) atoms. The van der Waals surface area contributed by atoms with Crippen LogP contribution in [0.4, 0.5) is 0 Å². The molecule has 0 unspecified atom stereocenters. The highest BCUT2D eigenvalue weighted by molar-refractivity contribution is 6.09. The van der Waals surface area contributed by atoms with Gasteiger partial charge >= 0.3 is 0 Å². The van der Waals surface area contributed by atoms with Crippen LogP contribution in [0.2, 0.25) is 0 Å². The van der Waals surface area contributed by atoms with E-state index in [-0.39, 0.29) is 11.6 Å². The van der Waals surface area contributed by atoms with E-state index in [0.29, 0.717) is 40.2 Å². The van der Waals surface area contributed by atoms with Gasteiger partial charge in [-0.05, 0) is 47.5 Å². The number of rotatable bonds is 8. The van der Waals surface area contributed by atoms with Gasteiger partial charge in [0.2, 0.25) is 0 Å². The molecule has 0 aromatic heterocycles. The highest BCUT2D eigenvalue weighted by Gasteiger charge is 2.16. The molecule has 0 amide bonds. The molecule has 4 aromatic rings. The number of methoxy groups -OCH3 is 2. The lowest BCUT2D eigenvalue weighted by atomic mass is 9.95. The van der Waals surface area contributed by atoms with Crippen molar-refractivity contribution in [2.24, 2.45) is 0 Å². The molecule has 0 atom stereocenters. The van der Waals surface area contributed by atoms with Gasteiger partial charge in [0, 0.05) is 28.7 Å². The molecule has 4 heteroatoms. The van der Waals surface area contributed by atoms with Gasteiger partial charge in [-0.3, -0.25) is 9.59 Å². The van der Waals surface area contributed by atoms with Crippen LogP contribution in [-0.2, 0) is 6.42 Å². The number of hydrogen-bond acceptors (Lipinski definition) is 4. The third-order valence-corrected chi connectivity index (χ3v) is 5.54. The second kappa shape index (κ2) is 9.96. The number of hydrogen-bond donors (Lipinski definition) is 0. The molecule has 0 aliphatic heterocycles. The molecule has 0 radical (unpaired) electrons. The molecule has 0 saturated carbocycles. The van der Waals surface area contributed by atoms with E-state index in [1.807, 2.05) is 48.5 Å². The molecular formula is C29H24O4. The van der Waals surface area contributed by atoms with Crippen molar-refractivity contribution < 1.29 is 19.1 Å². The molecule has 0 aliphatic rings. The van der Waals surface area contributed by atoms with E-state index in [1.54, 1.807) is 62.8 Å². The fourth-order valence-corrected chi connectivity index (χ4v) is 3.83. The summed E-state index contributed by atoms with van der Waals surface area (Å²) in [5.74, 6) is 1.22. The minimum atomic E-state index is -0.0560. The third-order valence-electron chi connectivity index (χ3n) is 5.54. The van der Waals surface area contributed by atoms with Crippen molar-refractivity contribution in [3.05, 3.63) is 130 Å². The molecule has 0 spiro atoms. The van der Waals surface area contributed by atoms with Crippen LogP contribution in [0.3, 0.4) is 0 Å². The van der Waals surface area contributed by atoms with E-state index in [2.05, 4.69) is 0 Å². The SMILES string of the molecule is COc1ccc(C(=O)c2ccccc2)cc1Cc1cc(C(=O)c2ccccc2)ccc1OC. The van der Waals surface area contributed by atoms with Crippen LogP contribution < -0.4 is 9.47 Å². The Morgan fingerprint density at radius 2 is 0.939 bits per heavy atom. The Hall–Kier alpha value is -4.18. The number of carbonyl (C=O) groups is 2. The summed E-state index contributed by atoms with van der Waals surface area (Å²) in [5, 5.41) is 0. The standard InChI is InChI=1S/C29H24O4/c1-32-26-15-13-22(28(30)20-9-5-3-6-10-20)17-24(26)19-25-18-23(14-16-27(25)33-2)29(31)21-11-7-4-8-12-21/h3-18H,19H2,1-2H3. The van der Waals surface area contributed by atoms with Crippen molar-refractivity contribution in [1.29, 1.82) is 0 Å². The summed E-state index contributed by atoms with van der Waals surface area (Å²) < 4.78 is 11.1. The topological polar surface area (TPSA) is 52.6 Å². The Morgan fingerprint density at radius 1 is 0.545 bits per heavy atom. The maximum Gasteiger partial charge on any atom is 0.193 e. The lowest BCUT2D eigenvalue weighted by molar-refractivity contribution is 0.103. The molecule has 0 heterocycles. The first-order chi connectivity index (χ1) is 16.1. The van der Waals surface area contributed by atoms with Gasteiger partial charge in [0.1, 0.15) is 11.5 Å². The van der Waals surface area contributed by atoms with Gasteiger partial charge in [-0.1, -0.05) is 60.7 Å². The van der Waals surface area contributed by atoms with Crippen LogP contribution in [0.25, 0.3) is 0 Å². The summed E-state index contributed by atoms with van der Waals surface area (Å²) in [6, 6.07) is 29.2. The highest BCUT2D eigenvalue weighted by atomic mass is 16.5. The fraction of sp³-hybridized carbons (Fsp3) is 0.103. The van der Waals surface area contributed by atoms with Gasteiger partial charge < -0.3 is 9.47 Å². The number of carbonyl (C=O) groups excluding carboxylic acids is 2. The minimum absolute atomic E-state index is 0.0560. The Balaban J connectivity index is 1.70. The summed E-state index contributed by atoms with van der Waals surface area (Å²) in [5.41, 5.74) is 4.08. The van der Waals surface area contributed by atoms with Gasteiger partial charge in [0.25, 0.3) is 0 Å². The fourth-order valence-electron chi connectivity index (χ4n) is 3.83. The maximum atomic E-state index is 13.0. The number of ketones is 2. The Bertz CT molecular complexity index is 1180. The zero-order chi connectivity index (χ0) is 23.2. The van der Waals surface area contributed by atoms with E-state index in [1.165, 1.54) is 0 Å². The van der Waals surface area contributed by atoms with Crippen molar-refractivity contribution in [3.63, 3.8) is 0 Å². The van der Waals surface area contributed by atoms with Crippen LogP contribution in [0.5, 0.6) is 11.5 Å². The van der Waals surface area contributed by atoms with Gasteiger partial charge in [0.15, 0.2) is 11.6 Å². The normalized spacial score (nSPS) is 10.5. The van der Waals surface area contributed by atoms with E-state index >= 15 is 0 Å². The van der Waals surface area contributed by atoms with Crippen LogP contribution in [0, 0.1) is 0 Å². The zero-order valence-corrected chi connectivity index (χ0v) is 18.6. The molecular weight excluding hydrogens is 412 g/mol. The first-order valence-corrected chi connectivity index (χ1v) is 10.6. The molecule has 0 saturated heterocycles. The summed E-state index contributed by atoms with van der Waals surface area (Å²) in [6.07, 6.45) is 0.443. The smallest absolute Gasteiger partial charge is 0.193 e. The molecule has 164 valence electrons. The van der Waals surface area contributed by atoms with Crippen molar-refractivity contribution in [3.8, 4) is 11.5 Å². The predicted octanol–water partition coefficient (Wildman–Crippen LogP) is 5.76.